The van der Waals surface area contributed by atoms with E-state index in [2.05, 4.69) is 17.9 Å². The fourth-order valence-electron chi connectivity index (χ4n) is 2.63. The molecular formula is C14H24N2O2. The lowest BCUT2D eigenvalue weighted by Gasteiger charge is -2.38. The number of hydrogen-bond acceptors (Lipinski definition) is 4. The molecule has 3 atom stereocenters. The minimum absolute atomic E-state index is 0.0761. The molecule has 1 aromatic heterocycles. The smallest absolute Gasteiger partial charge is 0.105 e. The second-order valence-electron chi connectivity index (χ2n) is 5.31. The van der Waals surface area contributed by atoms with Gasteiger partial charge in [0.2, 0.25) is 0 Å². The zero-order valence-corrected chi connectivity index (χ0v) is 11.8. The second kappa shape index (κ2) is 5.43. The third kappa shape index (κ3) is 2.76. The highest BCUT2D eigenvalue weighted by Crippen LogP contribution is 2.27. The van der Waals surface area contributed by atoms with Crippen LogP contribution in [0.1, 0.15) is 37.0 Å². The maximum atomic E-state index is 5.93. The largest absolute Gasteiger partial charge is 0.466 e. The van der Waals surface area contributed by atoms with Gasteiger partial charge in [-0.3, -0.25) is 4.90 Å². The summed E-state index contributed by atoms with van der Waals surface area (Å²) < 4.78 is 11.3. The van der Waals surface area contributed by atoms with Gasteiger partial charge in [0.05, 0.1) is 12.7 Å². The minimum Gasteiger partial charge on any atom is -0.466 e. The van der Waals surface area contributed by atoms with E-state index in [-0.39, 0.29) is 12.1 Å². The molecule has 0 bridgehead atoms. The van der Waals surface area contributed by atoms with E-state index in [1.165, 1.54) is 5.56 Å². The van der Waals surface area contributed by atoms with Crippen molar-refractivity contribution in [3.63, 3.8) is 0 Å². The number of aryl methyl sites for hydroxylation is 2. The fourth-order valence-corrected chi connectivity index (χ4v) is 2.63. The molecule has 0 spiro atoms. The Labute approximate surface area is 109 Å². The molecule has 4 nitrogen and oxygen atoms in total. The van der Waals surface area contributed by atoms with Gasteiger partial charge in [-0.25, -0.2) is 0 Å². The van der Waals surface area contributed by atoms with Crippen LogP contribution in [0, 0.1) is 13.8 Å². The van der Waals surface area contributed by atoms with Gasteiger partial charge >= 0.3 is 0 Å². The number of furan rings is 1. The number of nitrogens with zero attached hydrogens (tertiary/aromatic N) is 1. The molecular weight excluding hydrogens is 228 g/mol. The molecule has 2 rings (SSSR count). The standard InChI is InChI=1S/C14H24N2O2/c1-9-7-13(12(4)18-9)11(3)16-5-6-17-14(8-16)10(2)15/h7,10-11,14H,5-6,8,15H2,1-4H3. The molecule has 1 aromatic rings. The van der Waals surface area contributed by atoms with Crippen molar-refractivity contribution >= 4 is 0 Å². The van der Waals surface area contributed by atoms with Gasteiger partial charge in [-0.05, 0) is 33.8 Å². The predicted octanol–water partition coefficient (Wildman–Crippen LogP) is 2.01. The third-order valence-electron chi connectivity index (χ3n) is 3.79. The molecule has 0 radical (unpaired) electrons. The van der Waals surface area contributed by atoms with Gasteiger partial charge in [0.25, 0.3) is 0 Å². The monoisotopic (exact) mass is 252 g/mol. The summed E-state index contributed by atoms with van der Waals surface area (Å²) in [7, 11) is 0. The van der Waals surface area contributed by atoms with Crippen LogP contribution in [0.3, 0.4) is 0 Å². The van der Waals surface area contributed by atoms with Crippen LogP contribution in [0.15, 0.2) is 10.5 Å². The number of nitrogens with two attached hydrogens (primary N) is 1. The third-order valence-corrected chi connectivity index (χ3v) is 3.79. The van der Waals surface area contributed by atoms with E-state index in [0.29, 0.717) is 6.04 Å². The Morgan fingerprint density at radius 1 is 1.39 bits per heavy atom. The van der Waals surface area contributed by atoms with Gasteiger partial charge in [0.1, 0.15) is 11.5 Å². The van der Waals surface area contributed by atoms with E-state index in [1.54, 1.807) is 0 Å². The highest BCUT2D eigenvalue weighted by atomic mass is 16.5. The van der Waals surface area contributed by atoms with Gasteiger partial charge in [-0.1, -0.05) is 0 Å². The SMILES string of the molecule is Cc1cc(C(C)N2CCOC(C(C)N)C2)c(C)o1. The number of morpholine rings is 1. The Kier molecular flexibility index (Phi) is 4.10. The maximum absolute atomic E-state index is 5.93. The molecule has 0 amide bonds. The quantitative estimate of drug-likeness (QED) is 0.894. The van der Waals surface area contributed by atoms with Crippen LogP contribution in [0.5, 0.6) is 0 Å². The minimum atomic E-state index is 0.0761. The summed E-state index contributed by atoms with van der Waals surface area (Å²) in [5, 5.41) is 0. The Morgan fingerprint density at radius 3 is 2.67 bits per heavy atom. The first-order valence-corrected chi connectivity index (χ1v) is 6.67. The lowest BCUT2D eigenvalue weighted by atomic mass is 10.0. The van der Waals surface area contributed by atoms with E-state index >= 15 is 0 Å². The summed E-state index contributed by atoms with van der Waals surface area (Å²) in [6.07, 6.45) is 0.134. The molecule has 0 aromatic carbocycles. The average Bonchev–Trinajstić information content (AvgIpc) is 2.67. The van der Waals surface area contributed by atoms with Crippen molar-refractivity contribution in [3.05, 3.63) is 23.2 Å². The number of ether oxygens (including phenoxy) is 1. The summed E-state index contributed by atoms with van der Waals surface area (Å²) in [5.74, 6) is 2.00. The van der Waals surface area contributed by atoms with Crippen LogP contribution in [0.2, 0.25) is 0 Å². The molecule has 4 heteroatoms. The lowest BCUT2D eigenvalue weighted by Crippen LogP contribution is -2.50. The lowest BCUT2D eigenvalue weighted by molar-refractivity contribution is -0.0499. The zero-order valence-electron chi connectivity index (χ0n) is 11.8. The van der Waals surface area contributed by atoms with Crippen molar-refractivity contribution in [2.24, 2.45) is 5.73 Å². The van der Waals surface area contributed by atoms with E-state index in [1.807, 2.05) is 20.8 Å². The van der Waals surface area contributed by atoms with Crippen LogP contribution < -0.4 is 5.73 Å². The Balaban J connectivity index is 2.09. The van der Waals surface area contributed by atoms with Crippen LogP contribution >= 0.6 is 0 Å². The van der Waals surface area contributed by atoms with Gasteiger partial charge in [-0.15, -0.1) is 0 Å². The van der Waals surface area contributed by atoms with Gasteiger partial charge < -0.3 is 14.9 Å². The molecule has 2 heterocycles. The summed E-state index contributed by atoms with van der Waals surface area (Å²) in [6.45, 7) is 10.9. The van der Waals surface area contributed by atoms with Gasteiger partial charge in [0.15, 0.2) is 0 Å². The number of hydrogen-bond donors (Lipinski definition) is 1. The maximum Gasteiger partial charge on any atom is 0.105 e. The van der Waals surface area contributed by atoms with Crippen LogP contribution in [-0.4, -0.2) is 36.7 Å². The molecule has 1 fully saturated rings. The topological polar surface area (TPSA) is 51.6 Å². The van der Waals surface area contributed by atoms with Crippen molar-refractivity contribution in [3.8, 4) is 0 Å². The first-order chi connectivity index (χ1) is 8.49. The molecule has 2 N–H and O–H groups in total. The summed E-state index contributed by atoms with van der Waals surface area (Å²) in [4.78, 5) is 2.43. The molecule has 1 saturated heterocycles. The molecule has 102 valence electrons. The van der Waals surface area contributed by atoms with E-state index in [0.717, 1.165) is 31.2 Å². The molecule has 1 aliphatic heterocycles. The van der Waals surface area contributed by atoms with Gasteiger partial charge in [-0.2, -0.15) is 0 Å². The molecule has 1 aliphatic rings. The Bertz CT molecular complexity index is 400. The second-order valence-corrected chi connectivity index (χ2v) is 5.31. The molecule has 18 heavy (non-hydrogen) atoms. The predicted molar refractivity (Wildman–Crippen MR) is 71.6 cm³/mol. The van der Waals surface area contributed by atoms with Crippen molar-refractivity contribution < 1.29 is 9.15 Å². The first kappa shape index (κ1) is 13.6. The molecule has 0 aliphatic carbocycles. The normalized spacial score (nSPS) is 25.1. The molecule has 3 unspecified atom stereocenters. The highest BCUT2D eigenvalue weighted by molar-refractivity contribution is 5.23. The van der Waals surface area contributed by atoms with E-state index < -0.39 is 0 Å². The average molecular weight is 252 g/mol. The summed E-state index contributed by atoms with van der Waals surface area (Å²) in [6, 6.07) is 2.57. The summed E-state index contributed by atoms with van der Waals surface area (Å²) >= 11 is 0. The van der Waals surface area contributed by atoms with Crippen LogP contribution in [0.25, 0.3) is 0 Å². The van der Waals surface area contributed by atoms with Gasteiger partial charge in [0, 0.05) is 30.7 Å². The van der Waals surface area contributed by atoms with Crippen molar-refractivity contribution in [1.29, 1.82) is 0 Å². The zero-order chi connectivity index (χ0) is 13.3. The van der Waals surface area contributed by atoms with E-state index in [9.17, 15) is 0 Å². The van der Waals surface area contributed by atoms with Crippen molar-refractivity contribution in [1.82, 2.24) is 4.90 Å². The molecule has 0 saturated carbocycles. The number of rotatable bonds is 3. The van der Waals surface area contributed by atoms with Crippen molar-refractivity contribution in [2.75, 3.05) is 19.7 Å². The van der Waals surface area contributed by atoms with E-state index in [4.69, 9.17) is 14.9 Å². The Hall–Kier alpha value is -0.840. The Morgan fingerprint density at radius 2 is 2.11 bits per heavy atom. The fraction of sp³-hybridized carbons (Fsp3) is 0.714. The van der Waals surface area contributed by atoms with Crippen LogP contribution in [0.4, 0.5) is 0 Å². The first-order valence-electron chi connectivity index (χ1n) is 6.67. The van der Waals surface area contributed by atoms with Crippen LogP contribution in [-0.2, 0) is 4.74 Å². The summed E-state index contributed by atoms with van der Waals surface area (Å²) in [5.41, 5.74) is 7.21. The highest BCUT2D eigenvalue weighted by Gasteiger charge is 2.28. The van der Waals surface area contributed by atoms with Crippen molar-refractivity contribution in [2.45, 2.75) is 45.9 Å².